The van der Waals surface area contributed by atoms with Gasteiger partial charge in [-0.2, -0.15) is 4.57 Å². The van der Waals surface area contributed by atoms with Crippen LogP contribution in [0.3, 0.4) is 0 Å². The van der Waals surface area contributed by atoms with Gasteiger partial charge < -0.3 is 20.1 Å². The Balaban J connectivity index is 1.74. The smallest absolute Gasteiger partial charge is 0.378 e. The molecule has 33 heavy (non-hydrogen) atoms. The Labute approximate surface area is 191 Å². The number of fused-ring (bicyclic) bond motifs is 1. The molecule has 10 heteroatoms. The zero-order chi connectivity index (χ0) is 23.9. The van der Waals surface area contributed by atoms with Crippen LogP contribution in [0.25, 0.3) is 11.7 Å². The molecule has 1 aliphatic heterocycles. The van der Waals surface area contributed by atoms with Crippen molar-refractivity contribution in [1.29, 1.82) is 0 Å². The second-order valence-corrected chi connectivity index (χ2v) is 9.46. The van der Waals surface area contributed by atoms with Crippen LogP contribution in [0.15, 0.2) is 17.1 Å². The summed E-state index contributed by atoms with van der Waals surface area (Å²) in [7, 11) is 0. The number of carbonyl (C=O) groups excluding carboxylic acids is 2. The van der Waals surface area contributed by atoms with E-state index in [2.05, 4.69) is 10.4 Å². The van der Waals surface area contributed by atoms with Crippen molar-refractivity contribution in [1.82, 2.24) is 19.8 Å². The van der Waals surface area contributed by atoms with E-state index in [1.807, 2.05) is 27.7 Å². The topological polar surface area (TPSA) is 120 Å². The average Bonchev–Trinajstić information content (AvgIpc) is 3.46. The molecule has 2 aliphatic rings. The molecule has 4 rings (SSSR count). The lowest BCUT2D eigenvalue weighted by Crippen LogP contribution is -2.49. The molecule has 2 atom stereocenters. The minimum Gasteiger partial charge on any atom is -0.477 e. The number of nitrogens with one attached hydrogen (secondary N) is 2. The Morgan fingerprint density at radius 3 is 2.76 bits per heavy atom. The molecule has 2 aromatic rings. The molecule has 1 saturated heterocycles. The van der Waals surface area contributed by atoms with Crippen LogP contribution in [-0.4, -0.2) is 62.8 Å². The van der Waals surface area contributed by atoms with Crippen molar-refractivity contribution >= 4 is 23.5 Å². The van der Waals surface area contributed by atoms with Crippen LogP contribution in [0.4, 0.5) is 0 Å². The summed E-state index contributed by atoms with van der Waals surface area (Å²) in [5.74, 6) is -0.975. The molecule has 0 spiro atoms. The van der Waals surface area contributed by atoms with Crippen molar-refractivity contribution in [3.63, 3.8) is 0 Å². The van der Waals surface area contributed by atoms with E-state index < -0.39 is 11.5 Å². The number of amides is 2. The molecule has 2 fully saturated rings. The number of aromatic hydroxyl groups is 1. The van der Waals surface area contributed by atoms with Gasteiger partial charge in [0.2, 0.25) is 11.5 Å². The van der Waals surface area contributed by atoms with Crippen LogP contribution >= 0.6 is 0 Å². The minimum atomic E-state index is -0.637. The van der Waals surface area contributed by atoms with E-state index >= 15 is 0 Å². The summed E-state index contributed by atoms with van der Waals surface area (Å²) in [5, 5.41) is 16.6. The molecule has 1 saturated carbocycles. The number of aromatic nitrogens is 3. The number of rotatable bonds is 6. The van der Waals surface area contributed by atoms with Crippen LogP contribution in [0.5, 0.6) is 5.88 Å². The van der Waals surface area contributed by atoms with Crippen molar-refractivity contribution in [2.24, 2.45) is 5.92 Å². The van der Waals surface area contributed by atoms with Gasteiger partial charge in [0, 0.05) is 18.7 Å². The maximum Gasteiger partial charge on any atom is 0.378 e. The van der Waals surface area contributed by atoms with Crippen molar-refractivity contribution in [3.05, 3.63) is 33.8 Å². The second kappa shape index (κ2) is 9.01. The molecule has 3 N–H and O–H groups in total. The first-order chi connectivity index (χ1) is 15.7. The van der Waals surface area contributed by atoms with Crippen LogP contribution in [0, 0.1) is 5.92 Å². The molecular formula is C23H32N5O5+. The zero-order valence-corrected chi connectivity index (χ0v) is 19.5. The van der Waals surface area contributed by atoms with Gasteiger partial charge in [-0.05, 0) is 38.7 Å². The third kappa shape index (κ3) is 4.66. The molecule has 1 aliphatic carbocycles. The Morgan fingerprint density at radius 1 is 1.36 bits per heavy atom. The van der Waals surface area contributed by atoms with Gasteiger partial charge in [0.05, 0.1) is 37.1 Å². The van der Waals surface area contributed by atoms with Crippen molar-refractivity contribution in [3.8, 4) is 5.88 Å². The number of hydrogen-bond donors (Lipinski definition) is 3. The van der Waals surface area contributed by atoms with Gasteiger partial charge in [-0.15, -0.1) is 0 Å². The highest BCUT2D eigenvalue weighted by Gasteiger charge is 2.34. The van der Waals surface area contributed by atoms with E-state index in [1.165, 1.54) is 10.6 Å². The van der Waals surface area contributed by atoms with Gasteiger partial charge >= 0.3 is 17.1 Å². The minimum absolute atomic E-state index is 0.0319. The number of aromatic amines is 1. The van der Waals surface area contributed by atoms with Crippen molar-refractivity contribution < 1.29 is 24.0 Å². The number of ether oxygens (including phenoxy) is 1. The number of morpholine rings is 1. The van der Waals surface area contributed by atoms with Crippen molar-refractivity contribution in [2.75, 3.05) is 13.2 Å². The SMILES string of the molecule is CC(C)C[n+]1c(O)c(C(=O)NC2CC2)c(=O)n2[nH]cc(/C=C/C(=O)N3C[C@@H](C)OC[C@H]3C)c21. The molecular weight excluding hydrogens is 426 g/mol. The van der Waals surface area contributed by atoms with Gasteiger partial charge in [0.25, 0.3) is 5.91 Å². The summed E-state index contributed by atoms with van der Waals surface area (Å²) in [6.45, 7) is 9.18. The van der Waals surface area contributed by atoms with E-state index in [9.17, 15) is 19.5 Å². The fourth-order valence-electron chi connectivity index (χ4n) is 4.07. The first-order valence-electron chi connectivity index (χ1n) is 11.5. The van der Waals surface area contributed by atoms with Gasteiger partial charge in [-0.1, -0.05) is 18.4 Å². The monoisotopic (exact) mass is 458 g/mol. The summed E-state index contributed by atoms with van der Waals surface area (Å²) in [4.78, 5) is 40.4. The Morgan fingerprint density at radius 2 is 2.09 bits per heavy atom. The van der Waals surface area contributed by atoms with Gasteiger partial charge in [-0.3, -0.25) is 9.59 Å². The molecule has 0 bridgehead atoms. The van der Waals surface area contributed by atoms with E-state index in [0.717, 1.165) is 12.8 Å². The van der Waals surface area contributed by atoms with Crippen LogP contribution < -0.4 is 15.4 Å². The third-order valence-corrected chi connectivity index (χ3v) is 5.95. The zero-order valence-electron chi connectivity index (χ0n) is 19.5. The molecule has 2 amide bonds. The first-order valence-corrected chi connectivity index (χ1v) is 11.5. The average molecular weight is 459 g/mol. The lowest BCUT2D eigenvalue weighted by atomic mass is 10.2. The standard InChI is InChI=1S/C23H31N5O5/c1-13(2)10-27-21-16(5-8-18(29)26-11-15(4)33-12-14(26)3)9-24-28(21)23(32)19(22(27)31)20(30)25-17-6-7-17/h5,8-9,13-15,17H,6-7,10-12H2,1-4H3,(H2,25,30,31,32)/p+1/b8-5+/t14-,15-/m1/s1. The highest BCUT2D eigenvalue weighted by atomic mass is 16.5. The largest absolute Gasteiger partial charge is 0.477 e. The molecule has 0 unspecified atom stereocenters. The van der Waals surface area contributed by atoms with Crippen molar-refractivity contribution in [2.45, 2.75) is 65.3 Å². The number of H-pyrrole nitrogens is 1. The van der Waals surface area contributed by atoms with Crippen LogP contribution in [-0.2, 0) is 16.1 Å². The van der Waals surface area contributed by atoms with Crippen LogP contribution in [0.2, 0.25) is 0 Å². The van der Waals surface area contributed by atoms with E-state index in [0.29, 0.717) is 30.9 Å². The normalized spacial score (nSPS) is 21.3. The molecule has 10 nitrogen and oxygen atoms in total. The fraction of sp³-hybridized carbons (Fsp3) is 0.565. The fourth-order valence-corrected chi connectivity index (χ4v) is 4.07. The molecule has 2 aromatic heterocycles. The van der Waals surface area contributed by atoms with Crippen LogP contribution in [0.1, 0.15) is 56.5 Å². The number of carbonyl (C=O) groups is 2. The lowest BCUT2D eigenvalue weighted by Gasteiger charge is -2.36. The molecule has 0 aromatic carbocycles. The predicted molar refractivity (Wildman–Crippen MR) is 121 cm³/mol. The second-order valence-electron chi connectivity index (χ2n) is 9.46. The van der Waals surface area contributed by atoms with E-state index in [4.69, 9.17) is 4.74 Å². The predicted octanol–water partition coefficient (Wildman–Crippen LogP) is 0.818. The maximum atomic E-state index is 13.1. The lowest BCUT2D eigenvalue weighted by molar-refractivity contribution is -0.686. The summed E-state index contributed by atoms with van der Waals surface area (Å²) >= 11 is 0. The maximum absolute atomic E-state index is 13.1. The van der Waals surface area contributed by atoms with Gasteiger partial charge in [-0.25, -0.2) is 9.89 Å². The summed E-state index contributed by atoms with van der Waals surface area (Å²) in [6.07, 6.45) is 6.39. The molecule has 178 valence electrons. The number of hydrogen-bond acceptors (Lipinski definition) is 5. The summed E-state index contributed by atoms with van der Waals surface area (Å²) < 4.78 is 8.38. The first kappa shape index (κ1) is 23.0. The summed E-state index contributed by atoms with van der Waals surface area (Å²) in [5.41, 5.74) is 0.0213. The Bertz CT molecular complexity index is 1160. The molecule has 0 radical (unpaired) electrons. The van der Waals surface area contributed by atoms with E-state index in [1.54, 1.807) is 21.7 Å². The summed E-state index contributed by atoms with van der Waals surface area (Å²) in [6, 6.07) is 0.0142. The third-order valence-electron chi connectivity index (χ3n) is 5.95. The highest BCUT2D eigenvalue weighted by Crippen LogP contribution is 2.21. The molecule has 3 heterocycles. The quantitative estimate of drug-likeness (QED) is 0.437. The highest BCUT2D eigenvalue weighted by molar-refractivity contribution is 5.96. The van der Waals surface area contributed by atoms with Gasteiger partial charge in [0.15, 0.2) is 0 Å². The Kier molecular flexibility index (Phi) is 6.29. The number of nitrogens with zero attached hydrogens (tertiary/aromatic N) is 3. The van der Waals surface area contributed by atoms with E-state index in [-0.39, 0.29) is 41.5 Å². The van der Waals surface area contributed by atoms with Gasteiger partial charge in [0.1, 0.15) is 0 Å². The Hall–Kier alpha value is -3.14.